The molecule has 0 amide bonds. The third-order valence-corrected chi connectivity index (χ3v) is 7.80. The number of anilines is 1. The van der Waals surface area contributed by atoms with Gasteiger partial charge in [-0.1, -0.05) is 11.3 Å². The Kier molecular flexibility index (Phi) is 5.16. The van der Waals surface area contributed by atoms with Gasteiger partial charge in [0.1, 0.15) is 16.3 Å². The van der Waals surface area contributed by atoms with E-state index >= 15 is 0 Å². The second-order valence-electron chi connectivity index (χ2n) is 6.58. The highest BCUT2D eigenvalue weighted by molar-refractivity contribution is 7.89. The van der Waals surface area contributed by atoms with E-state index in [0.29, 0.717) is 15.3 Å². The Balaban J connectivity index is 1.63. The van der Waals surface area contributed by atoms with Crippen molar-refractivity contribution in [1.82, 2.24) is 19.5 Å². The number of nitrogens with zero attached hydrogens (tertiary/aromatic N) is 5. The van der Waals surface area contributed by atoms with E-state index in [1.807, 2.05) is 0 Å². The lowest BCUT2D eigenvalue weighted by Gasteiger charge is -2.38. The number of hydrogen-bond acceptors (Lipinski definition) is 10. The summed E-state index contributed by atoms with van der Waals surface area (Å²) in [5.74, 6) is -1.35. The van der Waals surface area contributed by atoms with Crippen molar-refractivity contribution >= 4 is 48.4 Å². The molecule has 1 fully saturated rings. The Morgan fingerprint density at radius 2 is 2.00 bits per heavy atom. The molecule has 1 saturated heterocycles. The summed E-state index contributed by atoms with van der Waals surface area (Å²) in [6.07, 6.45) is 1.38. The number of hydrogen-bond donors (Lipinski definition) is 2. The molecule has 31 heavy (non-hydrogen) atoms. The van der Waals surface area contributed by atoms with Crippen LogP contribution >= 0.6 is 11.3 Å². The summed E-state index contributed by atoms with van der Waals surface area (Å²) >= 11 is 1.06. The van der Waals surface area contributed by atoms with E-state index in [1.165, 1.54) is 6.20 Å². The molecule has 2 N–H and O–H groups in total. The van der Waals surface area contributed by atoms with Crippen molar-refractivity contribution in [3.8, 4) is 0 Å². The zero-order valence-corrected chi connectivity index (χ0v) is 17.2. The highest BCUT2D eigenvalue weighted by atomic mass is 32.2. The Labute approximate surface area is 177 Å². The number of benzene rings is 1. The molecule has 3 aromatic rings. The van der Waals surface area contributed by atoms with Gasteiger partial charge in [-0.3, -0.25) is 19.7 Å². The van der Waals surface area contributed by atoms with Gasteiger partial charge in [-0.15, -0.1) is 0 Å². The normalized spacial score (nSPS) is 17.7. The van der Waals surface area contributed by atoms with Gasteiger partial charge < -0.3 is 10.0 Å². The first-order valence-electron chi connectivity index (χ1n) is 8.77. The van der Waals surface area contributed by atoms with Gasteiger partial charge in [-0.2, -0.15) is 9.40 Å². The summed E-state index contributed by atoms with van der Waals surface area (Å²) in [6, 6.07) is 2.83. The zero-order chi connectivity index (χ0) is 22.3. The number of carbonyl (C=O) groups is 1. The van der Waals surface area contributed by atoms with Crippen LogP contribution in [0.1, 0.15) is 0 Å². The summed E-state index contributed by atoms with van der Waals surface area (Å²) in [7, 11) is -4.21. The van der Waals surface area contributed by atoms with Crippen molar-refractivity contribution in [2.45, 2.75) is 10.9 Å². The third kappa shape index (κ3) is 3.73. The molecule has 1 aromatic carbocycles. The smallest absolute Gasteiger partial charge is 0.323 e. The average Bonchev–Trinajstić information content (AvgIpc) is 3.19. The van der Waals surface area contributed by atoms with E-state index in [1.54, 1.807) is 4.90 Å². The van der Waals surface area contributed by atoms with Crippen LogP contribution in [0.5, 0.6) is 0 Å². The molecule has 0 saturated carbocycles. The fraction of sp³-hybridized carbons (Fsp3) is 0.250. The summed E-state index contributed by atoms with van der Waals surface area (Å²) in [5, 5.41) is 26.8. The van der Waals surface area contributed by atoms with E-state index in [-0.39, 0.29) is 30.2 Å². The first kappa shape index (κ1) is 20.8. The highest BCUT2D eigenvalue weighted by Gasteiger charge is 2.41. The number of nitrogens with one attached hydrogen (secondary N) is 1. The Bertz CT molecular complexity index is 1330. The van der Waals surface area contributed by atoms with Crippen LogP contribution in [0.25, 0.3) is 10.2 Å². The number of aromatic amines is 1. The number of carboxylic acids is 1. The van der Waals surface area contributed by atoms with Crippen molar-refractivity contribution in [1.29, 1.82) is 0 Å². The summed E-state index contributed by atoms with van der Waals surface area (Å²) in [5.41, 5.74) is -0.342. The van der Waals surface area contributed by atoms with Gasteiger partial charge in [0.15, 0.2) is 5.13 Å². The number of H-pyrrole nitrogens is 1. The van der Waals surface area contributed by atoms with Crippen molar-refractivity contribution in [3.05, 3.63) is 50.9 Å². The molecule has 0 radical (unpaired) electrons. The Morgan fingerprint density at radius 3 is 2.61 bits per heavy atom. The molecule has 2 aromatic heterocycles. The largest absolute Gasteiger partial charge is 0.480 e. The molecule has 0 unspecified atom stereocenters. The molecule has 162 valence electrons. The molecule has 0 bridgehead atoms. The monoisotopic (exact) mass is 466 g/mol. The van der Waals surface area contributed by atoms with Gasteiger partial charge >= 0.3 is 5.97 Å². The number of carboxylic acid groups (broad SMARTS) is 1. The molecular formula is C16H14N6O7S2. The Hall–Kier alpha value is -3.43. The van der Waals surface area contributed by atoms with Gasteiger partial charge in [0.25, 0.3) is 11.2 Å². The first-order valence-corrected chi connectivity index (χ1v) is 11.0. The lowest BCUT2D eigenvalue weighted by atomic mass is 10.2. The second-order valence-corrected chi connectivity index (χ2v) is 9.44. The number of non-ortho nitro benzene ring substituents is 1. The van der Waals surface area contributed by atoms with Gasteiger partial charge in [-0.05, 0) is 12.1 Å². The van der Waals surface area contributed by atoms with Gasteiger partial charge in [0.2, 0.25) is 10.0 Å². The molecule has 1 aliphatic rings. The van der Waals surface area contributed by atoms with E-state index in [2.05, 4.69) is 15.2 Å². The zero-order valence-electron chi connectivity index (χ0n) is 15.5. The Morgan fingerprint density at radius 1 is 1.29 bits per heavy atom. The molecular weight excluding hydrogens is 452 g/mol. The van der Waals surface area contributed by atoms with Crippen LogP contribution in [0.4, 0.5) is 10.8 Å². The number of nitro groups is 1. The van der Waals surface area contributed by atoms with E-state index in [4.69, 9.17) is 0 Å². The number of piperazine rings is 1. The molecule has 0 spiro atoms. The minimum absolute atomic E-state index is 0.140. The quantitative estimate of drug-likeness (QED) is 0.391. The summed E-state index contributed by atoms with van der Waals surface area (Å²) in [6.45, 7) is -0.200. The fourth-order valence-electron chi connectivity index (χ4n) is 3.21. The second kappa shape index (κ2) is 7.68. The standard InChI is InChI=1S/C16H14N6O7S2/c23-14-13-11(7-17-19-14)18-16(30-13)20-5-6-21(12(8-20)15(24)25)31(28,29)10-3-1-9(2-4-10)22(26)27/h1-4,7,12H,5-6,8H2,(H,19,23)(H,24,25)/t12-/m1/s1. The van der Waals surface area contributed by atoms with Crippen molar-refractivity contribution in [2.75, 3.05) is 24.5 Å². The minimum Gasteiger partial charge on any atom is -0.480 e. The number of thiazole rings is 1. The summed E-state index contributed by atoms with van der Waals surface area (Å²) in [4.78, 5) is 39.5. The molecule has 15 heteroatoms. The fourth-order valence-corrected chi connectivity index (χ4v) is 5.74. The van der Waals surface area contributed by atoms with Crippen LogP contribution in [-0.4, -0.2) is 69.6 Å². The number of fused-ring (bicyclic) bond motifs is 1. The van der Waals surface area contributed by atoms with Crippen molar-refractivity contribution in [3.63, 3.8) is 0 Å². The van der Waals surface area contributed by atoms with Crippen molar-refractivity contribution < 1.29 is 23.2 Å². The molecule has 13 nitrogen and oxygen atoms in total. The van der Waals surface area contributed by atoms with Crippen molar-refractivity contribution in [2.24, 2.45) is 0 Å². The minimum atomic E-state index is -4.21. The first-order chi connectivity index (χ1) is 14.7. The van der Waals surface area contributed by atoms with Crippen LogP contribution in [0.2, 0.25) is 0 Å². The van der Waals surface area contributed by atoms with Gasteiger partial charge in [-0.25, -0.2) is 18.5 Å². The molecule has 3 heterocycles. The number of aliphatic carboxylic acids is 1. The maximum atomic E-state index is 13.0. The van der Waals surface area contributed by atoms with Gasteiger partial charge in [0.05, 0.1) is 16.0 Å². The van der Waals surface area contributed by atoms with Crippen LogP contribution in [-0.2, 0) is 14.8 Å². The SMILES string of the molecule is O=C(O)[C@H]1CN(c2nc3cn[nH]c(=O)c3s2)CCN1S(=O)(=O)c1ccc([N+](=O)[O-])cc1. The lowest BCUT2D eigenvalue weighted by Crippen LogP contribution is -2.58. The van der Waals surface area contributed by atoms with E-state index in [0.717, 1.165) is 39.9 Å². The number of sulfonamides is 1. The lowest BCUT2D eigenvalue weighted by molar-refractivity contribution is -0.384. The average molecular weight is 466 g/mol. The van der Waals surface area contributed by atoms with Crippen LogP contribution in [0.3, 0.4) is 0 Å². The molecule has 1 aliphatic heterocycles. The van der Waals surface area contributed by atoms with E-state index < -0.39 is 32.5 Å². The predicted molar refractivity (Wildman–Crippen MR) is 109 cm³/mol. The van der Waals surface area contributed by atoms with Gasteiger partial charge in [0, 0.05) is 31.8 Å². The number of aromatic nitrogens is 3. The topological polar surface area (TPSA) is 180 Å². The molecule has 0 aliphatic carbocycles. The molecule has 4 rings (SSSR count). The summed E-state index contributed by atoms with van der Waals surface area (Å²) < 4.78 is 27.2. The molecule has 1 atom stereocenters. The van der Waals surface area contributed by atoms with Crippen LogP contribution in [0.15, 0.2) is 40.2 Å². The number of rotatable bonds is 5. The van der Waals surface area contributed by atoms with Crippen LogP contribution < -0.4 is 10.5 Å². The van der Waals surface area contributed by atoms with E-state index in [9.17, 15) is 33.2 Å². The maximum Gasteiger partial charge on any atom is 0.323 e. The number of nitro benzene ring substituents is 1. The third-order valence-electron chi connectivity index (χ3n) is 4.74. The van der Waals surface area contributed by atoms with Crippen LogP contribution in [0, 0.1) is 10.1 Å². The predicted octanol–water partition coefficient (Wildman–Crippen LogP) is 0.252. The highest BCUT2D eigenvalue weighted by Crippen LogP contribution is 2.30. The maximum absolute atomic E-state index is 13.0.